The number of carboxylic acid groups (broad SMARTS) is 1. The van der Waals surface area contributed by atoms with Crippen molar-refractivity contribution in [3.63, 3.8) is 0 Å². The summed E-state index contributed by atoms with van der Waals surface area (Å²) in [6.45, 7) is 1.53. The number of aryl methyl sites for hydroxylation is 1. The Hall–Kier alpha value is -3.08. The minimum atomic E-state index is -1.08. The molecular weight excluding hydrogens is 296 g/mol. The molecule has 0 unspecified atom stereocenters. The molecule has 3 aromatic rings. The van der Waals surface area contributed by atoms with Gasteiger partial charge in [-0.05, 0) is 25.1 Å². The zero-order valence-corrected chi connectivity index (χ0v) is 12.4. The first-order valence-electron chi connectivity index (χ1n) is 7.02. The van der Waals surface area contributed by atoms with Crippen LogP contribution < -0.4 is 10.2 Å². The van der Waals surface area contributed by atoms with Crippen LogP contribution in [0.2, 0.25) is 0 Å². The molecule has 3 rings (SSSR count). The Labute approximate surface area is 131 Å². The van der Waals surface area contributed by atoms with Gasteiger partial charge in [-0.1, -0.05) is 29.8 Å². The third-order valence-corrected chi connectivity index (χ3v) is 3.40. The number of hydrogen-bond donors (Lipinski definition) is 1. The summed E-state index contributed by atoms with van der Waals surface area (Å²) in [6, 6.07) is 13.8. The molecule has 0 bridgehead atoms. The molecule has 0 saturated carbocycles. The fourth-order valence-electron chi connectivity index (χ4n) is 2.23. The predicted octanol–water partition coefficient (Wildman–Crippen LogP) is 3.23. The Kier molecular flexibility index (Phi) is 3.85. The third-order valence-electron chi connectivity index (χ3n) is 3.40. The second-order valence-electron chi connectivity index (χ2n) is 5.18. The molecule has 5 heteroatoms. The minimum Gasteiger partial charge on any atom is -0.482 e. The molecule has 0 saturated heterocycles. The largest absolute Gasteiger partial charge is 0.482 e. The maximum absolute atomic E-state index is 12.3. The number of hydrogen-bond acceptors (Lipinski definition) is 4. The molecule has 0 amide bonds. The zero-order valence-electron chi connectivity index (χ0n) is 12.4. The molecule has 5 nitrogen and oxygen atoms in total. The molecule has 116 valence electrons. The van der Waals surface area contributed by atoms with Crippen molar-refractivity contribution in [2.24, 2.45) is 0 Å². The molecule has 0 aliphatic heterocycles. The Balaban J connectivity index is 2.02. The summed E-state index contributed by atoms with van der Waals surface area (Å²) in [7, 11) is 0. The van der Waals surface area contributed by atoms with E-state index in [0.717, 1.165) is 11.1 Å². The molecule has 0 radical (unpaired) electrons. The minimum absolute atomic E-state index is 0.206. The van der Waals surface area contributed by atoms with Gasteiger partial charge < -0.3 is 14.3 Å². The zero-order chi connectivity index (χ0) is 16.4. The SMILES string of the molecule is Cc1ccc(-c2cc(=O)c3cc(OCC(=O)O)ccc3o2)cc1. The van der Waals surface area contributed by atoms with E-state index in [1.54, 1.807) is 12.1 Å². The van der Waals surface area contributed by atoms with Gasteiger partial charge in [-0.25, -0.2) is 4.79 Å². The number of carbonyl (C=O) groups is 1. The summed E-state index contributed by atoms with van der Waals surface area (Å²) in [5, 5.41) is 8.97. The van der Waals surface area contributed by atoms with Crippen LogP contribution in [0.5, 0.6) is 5.75 Å². The molecule has 2 aromatic carbocycles. The molecule has 0 aliphatic carbocycles. The van der Waals surface area contributed by atoms with Gasteiger partial charge in [0.05, 0.1) is 5.39 Å². The number of fused-ring (bicyclic) bond motifs is 1. The second kappa shape index (κ2) is 5.96. The molecule has 23 heavy (non-hydrogen) atoms. The van der Waals surface area contributed by atoms with Gasteiger partial charge >= 0.3 is 5.97 Å². The first kappa shape index (κ1) is 14.8. The highest BCUT2D eigenvalue weighted by Gasteiger charge is 2.09. The van der Waals surface area contributed by atoms with E-state index in [1.165, 1.54) is 12.1 Å². The molecule has 0 fully saturated rings. The lowest BCUT2D eigenvalue weighted by atomic mass is 10.1. The lowest BCUT2D eigenvalue weighted by molar-refractivity contribution is -0.139. The van der Waals surface area contributed by atoms with E-state index in [4.69, 9.17) is 14.3 Å². The Morgan fingerprint density at radius 1 is 1.13 bits per heavy atom. The van der Waals surface area contributed by atoms with E-state index in [-0.39, 0.29) is 5.43 Å². The van der Waals surface area contributed by atoms with Gasteiger partial charge in [0.1, 0.15) is 17.1 Å². The molecule has 0 aliphatic rings. The van der Waals surface area contributed by atoms with Crippen LogP contribution in [0.15, 0.2) is 57.7 Å². The van der Waals surface area contributed by atoms with Crippen molar-refractivity contribution in [1.29, 1.82) is 0 Å². The maximum Gasteiger partial charge on any atom is 0.341 e. The van der Waals surface area contributed by atoms with E-state index < -0.39 is 12.6 Å². The molecule has 1 N–H and O–H groups in total. The summed E-state index contributed by atoms with van der Waals surface area (Å²) in [4.78, 5) is 22.8. The highest BCUT2D eigenvalue weighted by Crippen LogP contribution is 2.24. The molecule has 0 spiro atoms. The van der Waals surface area contributed by atoms with Gasteiger partial charge in [0.2, 0.25) is 0 Å². The van der Waals surface area contributed by atoms with E-state index >= 15 is 0 Å². The van der Waals surface area contributed by atoms with Crippen LogP contribution in [0.4, 0.5) is 0 Å². The molecule has 1 aromatic heterocycles. The third kappa shape index (κ3) is 3.23. The van der Waals surface area contributed by atoms with Crippen LogP contribution in [0, 0.1) is 6.92 Å². The number of carboxylic acids is 1. The highest BCUT2D eigenvalue weighted by atomic mass is 16.5. The van der Waals surface area contributed by atoms with Gasteiger partial charge in [-0.15, -0.1) is 0 Å². The van der Waals surface area contributed by atoms with E-state index in [1.807, 2.05) is 31.2 Å². The smallest absolute Gasteiger partial charge is 0.341 e. The molecule has 1 heterocycles. The van der Waals surface area contributed by atoms with Crippen LogP contribution in [0.1, 0.15) is 5.56 Å². The number of aliphatic carboxylic acids is 1. The van der Waals surface area contributed by atoms with Crippen molar-refractivity contribution < 1.29 is 19.1 Å². The maximum atomic E-state index is 12.3. The molecular formula is C18H14O5. The van der Waals surface area contributed by atoms with Crippen molar-refractivity contribution in [2.45, 2.75) is 6.92 Å². The summed E-state index contributed by atoms with van der Waals surface area (Å²) in [5.74, 6) is -0.274. The number of rotatable bonds is 4. The van der Waals surface area contributed by atoms with Crippen molar-refractivity contribution in [2.75, 3.05) is 6.61 Å². The standard InChI is InChI=1S/C18H14O5/c1-11-2-4-12(5-3-11)17-9-15(19)14-8-13(22-10-18(20)21)6-7-16(14)23-17/h2-9H,10H2,1H3,(H,20,21). The van der Waals surface area contributed by atoms with E-state index in [0.29, 0.717) is 22.5 Å². The summed E-state index contributed by atoms with van der Waals surface area (Å²) in [5.41, 5.74) is 2.16. The fourth-order valence-corrected chi connectivity index (χ4v) is 2.23. The van der Waals surface area contributed by atoms with Crippen LogP contribution in [0.25, 0.3) is 22.3 Å². The van der Waals surface area contributed by atoms with Crippen molar-refractivity contribution in [3.05, 3.63) is 64.3 Å². The van der Waals surface area contributed by atoms with Gasteiger partial charge in [-0.3, -0.25) is 4.79 Å². The highest BCUT2D eigenvalue weighted by molar-refractivity contribution is 5.80. The Bertz CT molecular complexity index is 922. The Morgan fingerprint density at radius 2 is 1.87 bits per heavy atom. The Morgan fingerprint density at radius 3 is 2.57 bits per heavy atom. The predicted molar refractivity (Wildman–Crippen MR) is 85.8 cm³/mol. The summed E-state index contributed by atoms with van der Waals surface area (Å²) >= 11 is 0. The quantitative estimate of drug-likeness (QED) is 0.800. The summed E-state index contributed by atoms with van der Waals surface area (Å²) in [6.07, 6.45) is 0. The number of ether oxygens (including phenoxy) is 1. The van der Waals surface area contributed by atoms with Crippen molar-refractivity contribution >= 4 is 16.9 Å². The lowest BCUT2D eigenvalue weighted by Crippen LogP contribution is -2.09. The monoisotopic (exact) mass is 310 g/mol. The fraction of sp³-hybridized carbons (Fsp3) is 0.111. The van der Waals surface area contributed by atoms with Gasteiger partial charge in [0.25, 0.3) is 0 Å². The van der Waals surface area contributed by atoms with Crippen LogP contribution >= 0.6 is 0 Å². The average molecular weight is 310 g/mol. The summed E-state index contributed by atoms with van der Waals surface area (Å²) < 4.78 is 10.9. The number of benzene rings is 2. The van der Waals surface area contributed by atoms with Gasteiger partial charge in [-0.2, -0.15) is 0 Å². The van der Waals surface area contributed by atoms with E-state index in [2.05, 4.69) is 0 Å². The first-order chi connectivity index (χ1) is 11.0. The average Bonchev–Trinajstić information content (AvgIpc) is 2.53. The van der Waals surface area contributed by atoms with Crippen LogP contribution in [-0.2, 0) is 4.79 Å². The van der Waals surface area contributed by atoms with Crippen molar-refractivity contribution in [1.82, 2.24) is 0 Å². The second-order valence-corrected chi connectivity index (χ2v) is 5.18. The normalized spacial score (nSPS) is 10.7. The molecule has 0 atom stereocenters. The van der Waals surface area contributed by atoms with Crippen molar-refractivity contribution in [3.8, 4) is 17.1 Å². The van der Waals surface area contributed by atoms with Gasteiger partial charge in [0, 0.05) is 11.6 Å². The topological polar surface area (TPSA) is 76.7 Å². The van der Waals surface area contributed by atoms with Gasteiger partial charge in [0.15, 0.2) is 12.0 Å². The van der Waals surface area contributed by atoms with Crippen LogP contribution in [-0.4, -0.2) is 17.7 Å². The lowest BCUT2D eigenvalue weighted by Gasteiger charge is -2.06. The van der Waals surface area contributed by atoms with Crippen LogP contribution in [0.3, 0.4) is 0 Å². The van der Waals surface area contributed by atoms with E-state index in [9.17, 15) is 9.59 Å². The first-order valence-corrected chi connectivity index (χ1v) is 7.02.